The second-order valence-corrected chi connectivity index (χ2v) is 8.16. The maximum absolute atomic E-state index is 12.8. The molecular formula is C18H31N3O3. The molecule has 1 spiro atoms. The SMILES string of the molecule is CC(C)CN1CC(NC(=O)C2CCC2)C(=O)NC2(CCOCC2)C1. The van der Waals surface area contributed by atoms with E-state index in [4.69, 9.17) is 4.74 Å². The van der Waals surface area contributed by atoms with E-state index < -0.39 is 6.04 Å². The van der Waals surface area contributed by atoms with Gasteiger partial charge in [-0.25, -0.2) is 0 Å². The van der Waals surface area contributed by atoms with Crippen molar-refractivity contribution in [3.63, 3.8) is 0 Å². The summed E-state index contributed by atoms with van der Waals surface area (Å²) < 4.78 is 5.49. The first-order valence-corrected chi connectivity index (χ1v) is 9.40. The Kier molecular flexibility index (Phi) is 5.45. The lowest BCUT2D eigenvalue weighted by Crippen LogP contribution is -2.58. The van der Waals surface area contributed by atoms with Gasteiger partial charge in [0.1, 0.15) is 6.04 Å². The molecule has 2 N–H and O–H groups in total. The number of carbonyl (C=O) groups excluding carboxylic acids is 2. The van der Waals surface area contributed by atoms with Gasteiger partial charge in [0.25, 0.3) is 0 Å². The predicted molar refractivity (Wildman–Crippen MR) is 91.5 cm³/mol. The molecule has 1 atom stereocenters. The Bertz CT molecular complexity index is 470. The van der Waals surface area contributed by atoms with Gasteiger partial charge in [-0.15, -0.1) is 0 Å². The van der Waals surface area contributed by atoms with Crippen molar-refractivity contribution < 1.29 is 14.3 Å². The summed E-state index contributed by atoms with van der Waals surface area (Å²) >= 11 is 0. The molecule has 1 saturated carbocycles. The van der Waals surface area contributed by atoms with Gasteiger partial charge in [-0.2, -0.15) is 0 Å². The van der Waals surface area contributed by atoms with Gasteiger partial charge in [0.05, 0.1) is 5.54 Å². The van der Waals surface area contributed by atoms with Crippen LogP contribution in [-0.2, 0) is 14.3 Å². The number of carbonyl (C=O) groups is 2. The molecule has 136 valence electrons. The molecule has 3 aliphatic rings. The van der Waals surface area contributed by atoms with Crippen molar-refractivity contribution in [1.29, 1.82) is 0 Å². The first-order valence-electron chi connectivity index (χ1n) is 9.40. The fourth-order valence-electron chi connectivity index (χ4n) is 3.99. The monoisotopic (exact) mass is 337 g/mol. The van der Waals surface area contributed by atoms with Gasteiger partial charge < -0.3 is 15.4 Å². The molecule has 3 fully saturated rings. The molecule has 2 saturated heterocycles. The van der Waals surface area contributed by atoms with Crippen molar-refractivity contribution in [3.8, 4) is 0 Å². The number of hydrogen-bond acceptors (Lipinski definition) is 4. The second-order valence-electron chi connectivity index (χ2n) is 8.16. The van der Waals surface area contributed by atoms with Gasteiger partial charge >= 0.3 is 0 Å². The van der Waals surface area contributed by atoms with Crippen LogP contribution in [0, 0.1) is 11.8 Å². The quantitative estimate of drug-likeness (QED) is 0.800. The summed E-state index contributed by atoms with van der Waals surface area (Å²) in [6, 6.07) is -0.445. The molecule has 0 aromatic carbocycles. The first kappa shape index (κ1) is 17.7. The molecule has 2 aliphatic heterocycles. The zero-order chi connectivity index (χ0) is 17.2. The van der Waals surface area contributed by atoms with Crippen LogP contribution in [0.5, 0.6) is 0 Å². The number of nitrogens with zero attached hydrogens (tertiary/aromatic N) is 1. The number of ether oxygens (including phenoxy) is 1. The lowest BCUT2D eigenvalue weighted by Gasteiger charge is -2.39. The van der Waals surface area contributed by atoms with Crippen LogP contribution in [-0.4, -0.2) is 61.1 Å². The van der Waals surface area contributed by atoms with Crippen LogP contribution in [0.15, 0.2) is 0 Å². The third kappa shape index (κ3) is 4.09. The number of hydrogen-bond donors (Lipinski definition) is 2. The van der Waals surface area contributed by atoms with E-state index in [1.807, 2.05) is 0 Å². The molecule has 1 unspecified atom stereocenters. The van der Waals surface area contributed by atoms with Crippen LogP contribution in [0.25, 0.3) is 0 Å². The molecule has 1 aliphatic carbocycles. The minimum absolute atomic E-state index is 0.0316. The van der Waals surface area contributed by atoms with Gasteiger partial charge in [0, 0.05) is 38.8 Å². The van der Waals surface area contributed by atoms with E-state index in [2.05, 4.69) is 29.4 Å². The molecule has 2 heterocycles. The maximum atomic E-state index is 12.8. The highest BCUT2D eigenvalue weighted by Crippen LogP contribution is 2.27. The highest BCUT2D eigenvalue weighted by molar-refractivity contribution is 5.89. The minimum Gasteiger partial charge on any atom is -0.381 e. The van der Waals surface area contributed by atoms with Crippen molar-refractivity contribution in [3.05, 3.63) is 0 Å². The third-order valence-electron chi connectivity index (χ3n) is 5.54. The lowest BCUT2D eigenvalue weighted by atomic mass is 9.84. The van der Waals surface area contributed by atoms with E-state index >= 15 is 0 Å². The fraction of sp³-hybridized carbons (Fsp3) is 0.889. The van der Waals surface area contributed by atoms with E-state index in [9.17, 15) is 9.59 Å². The smallest absolute Gasteiger partial charge is 0.244 e. The Morgan fingerprint density at radius 3 is 2.67 bits per heavy atom. The first-order chi connectivity index (χ1) is 11.5. The van der Waals surface area contributed by atoms with Crippen molar-refractivity contribution in [2.24, 2.45) is 11.8 Å². The second kappa shape index (κ2) is 7.40. The minimum atomic E-state index is -0.445. The largest absolute Gasteiger partial charge is 0.381 e. The summed E-state index contributed by atoms with van der Waals surface area (Å²) in [4.78, 5) is 27.5. The highest BCUT2D eigenvalue weighted by atomic mass is 16.5. The number of rotatable bonds is 4. The summed E-state index contributed by atoms with van der Waals surface area (Å²) in [5.41, 5.74) is -0.208. The summed E-state index contributed by atoms with van der Waals surface area (Å²) in [6.45, 7) is 8.15. The van der Waals surface area contributed by atoms with Crippen LogP contribution in [0.3, 0.4) is 0 Å². The van der Waals surface area contributed by atoms with E-state index in [0.29, 0.717) is 25.7 Å². The van der Waals surface area contributed by atoms with Gasteiger partial charge in [-0.1, -0.05) is 20.3 Å². The molecule has 2 amide bonds. The molecule has 3 rings (SSSR count). The van der Waals surface area contributed by atoms with E-state index in [1.165, 1.54) is 0 Å². The molecule has 0 radical (unpaired) electrons. The number of nitrogens with one attached hydrogen (secondary N) is 2. The Balaban J connectivity index is 1.71. The van der Waals surface area contributed by atoms with E-state index in [-0.39, 0.29) is 23.3 Å². The standard InChI is InChI=1S/C18H31N3O3/c1-13(2)10-21-11-15(19-16(22)14-4-3-5-14)17(23)20-18(12-21)6-8-24-9-7-18/h13-15H,3-12H2,1-2H3,(H,19,22)(H,20,23). The summed E-state index contributed by atoms with van der Waals surface area (Å²) in [7, 11) is 0. The van der Waals surface area contributed by atoms with Crippen LogP contribution < -0.4 is 10.6 Å². The molecule has 0 aromatic heterocycles. The summed E-state index contributed by atoms with van der Waals surface area (Å²) in [6.07, 6.45) is 4.72. The highest BCUT2D eigenvalue weighted by Gasteiger charge is 2.42. The van der Waals surface area contributed by atoms with E-state index in [1.54, 1.807) is 0 Å². The van der Waals surface area contributed by atoms with Crippen molar-refractivity contribution in [2.45, 2.75) is 57.5 Å². The van der Waals surface area contributed by atoms with Crippen LogP contribution in [0.4, 0.5) is 0 Å². The Morgan fingerprint density at radius 1 is 1.38 bits per heavy atom. The Hall–Kier alpha value is -1.14. The predicted octanol–water partition coefficient (Wildman–Crippen LogP) is 0.908. The molecule has 6 nitrogen and oxygen atoms in total. The number of amides is 2. The van der Waals surface area contributed by atoms with Crippen molar-refractivity contribution in [2.75, 3.05) is 32.8 Å². The average molecular weight is 337 g/mol. The van der Waals surface area contributed by atoms with Gasteiger partial charge in [-0.3, -0.25) is 14.5 Å². The van der Waals surface area contributed by atoms with Crippen LogP contribution in [0.1, 0.15) is 46.0 Å². The van der Waals surface area contributed by atoms with Gasteiger partial charge in [-0.05, 0) is 31.6 Å². The maximum Gasteiger partial charge on any atom is 0.244 e. The fourth-order valence-corrected chi connectivity index (χ4v) is 3.99. The topological polar surface area (TPSA) is 70.7 Å². The molecule has 0 bridgehead atoms. The van der Waals surface area contributed by atoms with Crippen LogP contribution in [0.2, 0.25) is 0 Å². The third-order valence-corrected chi connectivity index (χ3v) is 5.54. The zero-order valence-electron chi connectivity index (χ0n) is 15.0. The van der Waals surface area contributed by atoms with Crippen molar-refractivity contribution in [1.82, 2.24) is 15.5 Å². The average Bonchev–Trinajstić information content (AvgIpc) is 2.54. The lowest BCUT2D eigenvalue weighted by molar-refractivity contribution is -0.133. The summed E-state index contributed by atoms with van der Waals surface area (Å²) in [5, 5.41) is 6.26. The van der Waals surface area contributed by atoms with Gasteiger partial charge in [0.2, 0.25) is 11.8 Å². The summed E-state index contributed by atoms with van der Waals surface area (Å²) in [5.74, 6) is 0.652. The molecule has 24 heavy (non-hydrogen) atoms. The Labute approximate surface area is 144 Å². The molecule has 6 heteroatoms. The van der Waals surface area contributed by atoms with Crippen LogP contribution >= 0.6 is 0 Å². The molecule has 0 aromatic rings. The molecular weight excluding hydrogens is 306 g/mol. The zero-order valence-corrected chi connectivity index (χ0v) is 15.0. The van der Waals surface area contributed by atoms with Gasteiger partial charge in [0.15, 0.2) is 0 Å². The Morgan fingerprint density at radius 2 is 2.08 bits per heavy atom. The normalized spacial score (nSPS) is 28.3. The van der Waals surface area contributed by atoms with E-state index in [0.717, 1.165) is 45.2 Å². The van der Waals surface area contributed by atoms with Crippen molar-refractivity contribution >= 4 is 11.8 Å².